The van der Waals surface area contributed by atoms with Gasteiger partial charge in [0.05, 0.1) is 11.9 Å². The number of carboxylic acids is 1. The van der Waals surface area contributed by atoms with Crippen molar-refractivity contribution in [2.75, 3.05) is 0 Å². The first-order valence-electron chi connectivity index (χ1n) is 8.47. The first kappa shape index (κ1) is 21.9. The van der Waals surface area contributed by atoms with Gasteiger partial charge in [0, 0.05) is 12.8 Å². The lowest BCUT2D eigenvalue weighted by atomic mass is 10.2. The molecule has 0 radical (unpaired) electrons. The zero-order valence-corrected chi connectivity index (χ0v) is 14.5. The summed E-state index contributed by atoms with van der Waals surface area (Å²) in [7, 11) is 0. The zero-order chi connectivity index (χ0) is 18.0. The molecule has 0 aromatic heterocycles. The molecule has 134 valence electrons. The number of carbonyl (C=O) groups is 1. The third-order valence-corrected chi connectivity index (χ3v) is 3.11. The van der Waals surface area contributed by atoms with Crippen LogP contribution in [0, 0.1) is 0 Å². The van der Waals surface area contributed by atoms with E-state index >= 15 is 0 Å². The van der Waals surface area contributed by atoms with E-state index in [-0.39, 0.29) is 12.2 Å². The van der Waals surface area contributed by atoms with Gasteiger partial charge < -0.3 is 15.3 Å². The summed E-state index contributed by atoms with van der Waals surface area (Å²) in [6, 6.07) is 0. The number of allylic oxidation sites excluding steroid dienone is 8. The van der Waals surface area contributed by atoms with Crippen LogP contribution in [0.2, 0.25) is 0 Å². The monoisotopic (exact) mass is 334 g/mol. The molecule has 0 fully saturated rings. The van der Waals surface area contributed by atoms with Crippen molar-refractivity contribution in [3.8, 4) is 0 Å². The summed E-state index contributed by atoms with van der Waals surface area (Å²) in [5.41, 5.74) is 0. The number of hydrogen-bond acceptors (Lipinski definition) is 3. The molecule has 0 aromatic rings. The Labute approximate surface area is 145 Å². The highest BCUT2D eigenvalue weighted by Crippen LogP contribution is 2.05. The minimum atomic E-state index is -0.839. The third kappa shape index (κ3) is 16.3. The SMILES string of the molecule is CCC=CCC(O)C=CC=CCC=CCC=C(O)CCCC(=O)O. The predicted octanol–water partition coefficient (Wildman–Crippen LogP) is 4.85. The molecule has 1 unspecified atom stereocenters. The van der Waals surface area contributed by atoms with Crippen molar-refractivity contribution in [2.24, 2.45) is 0 Å². The fraction of sp³-hybridized carbons (Fsp3) is 0.450. The molecular weight excluding hydrogens is 304 g/mol. The Morgan fingerprint density at radius 1 is 0.958 bits per heavy atom. The Bertz CT molecular complexity index is 470. The van der Waals surface area contributed by atoms with Gasteiger partial charge >= 0.3 is 5.97 Å². The molecule has 24 heavy (non-hydrogen) atoms. The van der Waals surface area contributed by atoms with Crippen molar-refractivity contribution in [3.63, 3.8) is 0 Å². The molecule has 0 aliphatic rings. The van der Waals surface area contributed by atoms with Crippen LogP contribution in [0.4, 0.5) is 0 Å². The van der Waals surface area contributed by atoms with Gasteiger partial charge in [-0.1, -0.05) is 55.5 Å². The maximum atomic E-state index is 10.3. The molecule has 0 amide bonds. The largest absolute Gasteiger partial charge is 0.513 e. The van der Waals surface area contributed by atoms with Crippen molar-refractivity contribution in [3.05, 3.63) is 60.4 Å². The molecule has 4 nitrogen and oxygen atoms in total. The lowest BCUT2D eigenvalue weighted by Gasteiger charge is -1.98. The number of aliphatic hydroxyl groups excluding tert-OH is 2. The zero-order valence-electron chi connectivity index (χ0n) is 14.5. The fourth-order valence-electron chi connectivity index (χ4n) is 1.83. The highest BCUT2D eigenvalue weighted by atomic mass is 16.4. The van der Waals surface area contributed by atoms with Crippen LogP contribution in [0.25, 0.3) is 0 Å². The number of aliphatic carboxylic acids is 1. The van der Waals surface area contributed by atoms with E-state index in [1.165, 1.54) is 0 Å². The molecule has 0 rings (SSSR count). The van der Waals surface area contributed by atoms with E-state index in [0.717, 1.165) is 12.8 Å². The third-order valence-electron chi connectivity index (χ3n) is 3.11. The fourth-order valence-corrected chi connectivity index (χ4v) is 1.83. The van der Waals surface area contributed by atoms with Gasteiger partial charge in [-0.2, -0.15) is 0 Å². The average Bonchev–Trinajstić information content (AvgIpc) is 2.53. The van der Waals surface area contributed by atoms with Gasteiger partial charge in [0.1, 0.15) is 0 Å². The van der Waals surface area contributed by atoms with E-state index < -0.39 is 12.1 Å². The standard InChI is InChI=1S/C20H30O4/c1-2-3-9-13-18(21)14-10-7-5-4-6-8-11-15-19(22)16-12-17-20(23)24/h3,5-10,14-15,18,21-22H,2,4,11-13,16-17H2,1H3,(H,23,24). The molecule has 0 aromatic carbocycles. The second kappa shape index (κ2) is 15.8. The minimum Gasteiger partial charge on any atom is -0.513 e. The molecule has 0 saturated heterocycles. The quantitative estimate of drug-likeness (QED) is 0.256. The van der Waals surface area contributed by atoms with E-state index in [1.54, 1.807) is 12.2 Å². The van der Waals surface area contributed by atoms with Gasteiger partial charge in [-0.05, 0) is 38.2 Å². The highest BCUT2D eigenvalue weighted by Gasteiger charge is 1.98. The maximum absolute atomic E-state index is 10.3. The highest BCUT2D eigenvalue weighted by molar-refractivity contribution is 5.66. The Kier molecular flexibility index (Phi) is 14.4. The van der Waals surface area contributed by atoms with Gasteiger partial charge in [0.2, 0.25) is 0 Å². The molecular formula is C20H30O4. The normalized spacial score (nSPS) is 14.5. The van der Waals surface area contributed by atoms with Crippen LogP contribution in [-0.4, -0.2) is 27.4 Å². The summed E-state index contributed by atoms with van der Waals surface area (Å²) < 4.78 is 0. The smallest absolute Gasteiger partial charge is 0.303 e. The van der Waals surface area contributed by atoms with Crippen LogP contribution >= 0.6 is 0 Å². The summed E-state index contributed by atoms with van der Waals surface area (Å²) in [5.74, 6) is -0.598. The summed E-state index contributed by atoms with van der Waals surface area (Å²) in [5, 5.41) is 27.7. The maximum Gasteiger partial charge on any atom is 0.303 e. The van der Waals surface area contributed by atoms with Gasteiger partial charge in [0.15, 0.2) is 0 Å². The second-order valence-electron chi connectivity index (χ2n) is 5.38. The number of carboxylic acid groups (broad SMARTS) is 1. The number of rotatable bonds is 13. The Morgan fingerprint density at radius 3 is 2.42 bits per heavy atom. The number of hydrogen-bond donors (Lipinski definition) is 3. The molecule has 0 heterocycles. The van der Waals surface area contributed by atoms with E-state index in [0.29, 0.717) is 25.7 Å². The van der Waals surface area contributed by atoms with E-state index in [2.05, 4.69) is 6.92 Å². The molecule has 0 aliphatic carbocycles. The Hall–Kier alpha value is -2.07. The van der Waals surface area contributed by atoms with Crippen molar-refractivity contribution < 1.29 is 20.1 Å². The minimum absolute atomic E-state index is 0.0790. The molecule has 3 N–H and O–H groups in total. The molecule has 1 atom stereocenters. The van der Waals surface area contributed by atoms with E-state index in [9.17, 15) is 15.0 Å². The lowest BCUT2D eigenvalue weighted by Crippen LogP contribution is -1.98. The molecule has 0 aliphatic heterocycles. The molecule has 0 saturated carbocycles. The topological polar surface area (TPSA) is 77.8 Å². The van der Waals surface area contributed by atoms with E-state index in [4.69, 9.17) is 5.11 Å². The van der Waals surface area contributed by atoms with Gasteiger partial charge in [-0.25, -0.2) is 0 Å². The Balaban J connectivity index is 3.80. The lowest BCUT2D eigenvalue weighted by molar-refractivity contribution is -0.137. The van der Waals surface area contributed by atoms with Crippen molar-refractivity contribution in [1.29, 1.82) is 0 Å². The molecule has 0 spiro atoms. The number of aliphatic hydroxyl groups is 2. The van der Waals surface area contributed by atoms with Gasteiger partial charge in [-0.3, -0.25) is 4.79 Å². The summed E-state index contributed by atoms with van der Waals surface area (Å²) in [4.78, 5) is 10.3. The van der Waals surface area contributed by atoms with Crippen molar-refractivity contribution in [1.82, 2.24) is 0 Å². The molecule has 4 heteroatoms. The van der Waals surface area contributed by atoms with Crippen LogP contribution in [0.3, 0.4) is 0 Å². The van der Waals surface area contributed by atoms with Crippen molar-refractivity contribution >= 4 is 5.97 Å². The van der Waals surface area contributed by atoms with Crippen LogP contribution in [0.5, 0.6) is 0 Å². The van der Waals surface area contributed by atoms with Crippen LogP contribution in [0.15, 0.2) is 60.4 Å². The Morgan fingerprint density at radius 2 is 1.71 bits per heavy atom. The van der Waals surface area contributed by atoms with Crippen LogP contribution < -0.4 is 0 Å². The first-order chi connectivity index (χ1) is 11.6. The molecule has 0 bridgehead atoms. The average molecular weight is 334 g/mol. The first-order valence-corrected chi connectivity index (χ1v) is 8.47. The van der Waals surface area contributed by atoms with Crippen molar-refractivity contribution in [2.45, 2.75) is 58.0 Å². The second-order valence-corrected chi connectivity index (χ2v) is 5.38. The van der Waals surface area contributed by atoms with Gasteiger partial charge in [-0.15, -0.1) is 0 Å². The summed E-state index contributed by atoms with van der Waals surface area (Å²) in [6.07, 6.45) is 20.7. The predicted molar refractivity (Wildman–Crippen MR) is 98.9 cm³/mol. The summed E-state index contributed by atoms with van der Waals surface area (Å²) >= 11 is 0. The van der Waals surface area contributed by atoms with E-state index in [1.807, 2.05) is 42.5 Å². The van der Waals surface area contributed by atoms with Gasteiger partial charge in [0.25, 0.3) is 0 Å². The summed E-state index contributed by atoms with van der Waals surface area (Å²) in [6.45, 7) is 2.06. The van der Waals surface area contributed by atoms with Crippen LogP contribution in [0.1, 0.15) is 51.9 Å². The van der Waals surface area contributed by atoms with Crippen LogP contribution in [-0.2, 0) is 4.79 Å².